The number of rotatable bonds is 4. The van der Waals surface area contributed by atoms with E-state index in [9.17, 15) is 14.7 Å². The van der Waals surface area contributed by atoms with Crippen LogP contribution in [-0.2, 0) is 4.79 Å². The molecule has 0 saturated heterocycles. The van der Waals surface area contributed by atoms with Crippen molar-refractivity contribution in [2.75, 3.05) is 0 Å². The molecule has 0 bridgehead atoms. The first-order valence-electron chi connectivity index (χ1n) is 9.46. The summed E-state index contributed by atoms with van der Waals surface area (Å²) in [6.07, 6.45) is 4.86. The number of aromatic nitrogens is 1. The summed E-state index contributed by atoms with van der Waals surface area (Å²) < 4.78 is 0. The first kappa shape index (κ1) is 17.5. The summed E-state index contributed by atoms with van der Waals surface area (Å²) in [6.45, 7) is 0. The average molecular weight is 362 g/mol. The highest BCUT2D eigenvalue weighted by molar-refractivity contribution is 6.16. The van der Waals surface area contributed by atoms with Gasteiger partial charge in [0.05, 0.1) is 16.6 Å². The minimum Gasteiger partial charge on any atom is -0.480 e. The number of nitrogens with one attached hydrogen (secondary N) is 1. The lowest BCUT2D eigenvalue weighted by Gasteiger charge is -2.28. The maximum atomic E-state index is 13.2. The Morgan fingerprint density at radius 3 is 2.04 bits per heavy atom. The van der Waals surface area contributed by atoms with Crippen molar-refractivity contribution in [3.05, 3.63) is 54.1 Å². The van der Waals surface area contributed by atoms with Gasteiger partial charge in [-0.05, 0) is 30.9 Å². The van der Waals surface area contributed by atoms with Crippen LogP contribution in [-0.4, -0.2) is 28.0 Å². The van der Waals surface area contributed by atoms with E-state index < -0.39 is 12.0 Å². The number of carbonyl (C=O) groups excluding carboxylic acids is 1. The zero-order valence-corrected chi connectivity index (χ0v) is 15.0. The number of carbonyl (C=O) groups is 2. The molecular weight excluding hydrogens is 340 g/mol. The lowest BCUT2D eigenvalue weighted by molar-refractivity contribution is -0.141. The Morgan fingerprint density at radius 2 is 1.48 bits per heavy atom. The van der Waals surface area contributed by atoms with Crippen LogP contribution >= 0.6 is 0 Å². The summed E-state index contributed by atoms with van der Waals surface area (Å²) in [7, 11) is 0. The van der Waals surface area contributed by atoms with E-state index in [1.807, 2.05) is 48.5 Å². The third kappa shape index (κ3) is 3.37. The Balaban J connectivity index is 1.77. The van der Waals surface area contributed by atoms with Gasteiger partial charge in [-0.15, -0.1) is 0 Å². The molecule has 2 N–H and O–H groups in total. The maximum absolute atomic E-state index is 13.2. The largest absolute Gasteiger partial charge is 0.480 e. The van der Waals surface area contributed by atoms with Crippen LogP contribution in [0.3, 0.4) is 0 Å². The topological polar surface area (TPSA) is 79.3 Å². The van der Waals surface area contributed by atoms with Crippen molar-refractivity contribution in [2.45, 2.75) is 38.1 Å². The molecule has 0 radical (unpaired) electrons. The van der Waals surface area contributed by atoms with Gasteiger partial charge in [0.25, 0.3) is 5.91 Å². The molecule has 5 nitrogen and oxygen atoms in total. The molecule has 0 aliphatic heterocycles. The summed E-state index contributed by atoms with van der Waals surface area (Å²) >= 11 is 0. The summed E-state index contributed by atoms with van der Waals surface area (Å²) in [6, 6.07) is 14.1. The molecule has 0 spiro atoms. The third-order valence-electron chi connectivity index (χ3n) is 5.49. The molecule has 2 aromatic carbocycles. The minimum atomic E-state index is -0.960. The average Bonchev–Trinajstić information content (AvgIpc) is 2.70. The van der Waals surface area contributed by atoms with Crippen molar-refractivity contribution in [2.24, 2.45) is 5.92 Å². The number of carboxylic acid groups (broad SMARTS) is 1. The van der Waals surface area contributed by atoms with Crippen molar-refractivity contribution < 1.29 is 14.7 Å². The predicted octanol–water partition coefficient (Wildman–Crippen LogP) is 4.15. The molecule has 3 aromatic rings. The van der Waals surface area contributed by atoms with Gasteiger partial charge in [0.1, 0.15) is 6.04 Å². The SMILES string of the molecule is O=C(N[C@H](C(=O)O)C1CCCCC1)c1c2ccccc2nc2ccccc12. The molecule has 1 aromatic heterocycles. The van der Waals surface area contributed by atoms with Crippen LogP contribution in [0.15, 0.2) is 48.5 Å². The van der Waals surface area contributed by atoms with E-state index in [1.54, 1.807) is 0 Å². The van der Waals surface area contributed by atoms with Gasteiger partial charge < -0.3 is 10.4 Å². The highest BCUT2D eigenvalue weighted by Gasteiger charge is 2.31. The number of hydrogen-bond donors (Lipinski definition) is 2. The summed E-state index contributed by atoms with van der Waals surface area (Å²) in [4.78, 5) is 29.7. The number of pyridine rings is 1. The van der Waals surface area contributed by atoms with E-state index >= 15 is 0 Å². The van der Waals surface area contributed by atoms with Crippen LogP contribution in [0.2, 0.25) is 0 Å². The van der Waals surface area contributed by atoms with E-state index in [-0.39, 0.29) is 11.8 Å². The lowest BCUT2D eigenvalue weighted by Crippen LogP contribution is -2.46. The lowest BCUT2D eigenvalue weighted by atomic mass is 9.83. The van der Waals surface area contributed by atoms with E-state index in [4.69, 9.17) is 0 Å². The molecule has 4 rings (SSSR count). The Kier molecular flexibility index (Phi) is 4.75. The molecule has 27 heavy (non-hydrogen) atoms. The van der Waals surface area contributed by atoms with Crippen LogP contribution in [0.1, 0.15) is 42.5 Å². The Labute approximate surface area is 157 Å². The molecule has 138 valence electrons. The normalized spacial score (nSPS) is 16.3. The molecule has 1 aliphatic rings. The fraction of sp³-hybridized carbons (Fsp3) is 0.318. The highest BCUT2D eigenvalue weighted by atomic mass is 16.4. The second-order valence-corrected chi connectivity index (χ2v) is 7.21. The molecule has 1 aliphatic carbocycles. The Morgan fingerprint density at radius 1 is 0.926 bits per heavy atom. The Hall–Kier alpha value is -2.95. The number of aliphatic carboxylic acids is 1. The van der Waals surface area contributed by atoms with Crippen molar-refractivity contribution in [1.82, 2.24) is 10.3 Å². The van der Waals surface area contributed by atoms with Crippen LogP contribution in [0.5, 0.6) is 0 Å². The summed E-state index contributed by atoms with van der Waals surface area (Å²) in [5.74, 6) is -1.32. The number of benzene rings is 2. The molecule has 1 amide bonds. The molecule has 5 heteroatoms. The van der Waals surface area contributed by atoms with Crippen LogP contribution in [0.25, 0.3) is 21.8 Å². The fourth-order valence-corrected chi connectivity index (χ4v) is 4.15. The first-order chi connectivity index (χ1) is 13.1. The van der Waals surface area contributed by atoms with Gasteiger partial charge in [0, 0.05) is 10.8 Å². The van der Waals surface area contributed by atoms with E-state index in [0.29, 0.717) is 5.56 Å². The second-order valence-electron chi connectivity index (χ2n) is 7.21. The van der Waals surface area contributed by atoms with E-state index in [1.165, 1.54) is 0 Å². The van der Waals surface area contributed by atoms with Gasteiger partial charge in [-0.1, -0.05) is 55.7 Å². The zero-order valence-electron chi connectivity index (χ0n) is 15.0. The molecule has 0 unspecified atom stereocenters. The fourth-order valence-electron chi connectivity index (χ4n) is 4.15. The second kappa shape index (κ2) is 7.35. The smallest absolute Gasteiger partial charge is 0.326 e. The van der Waals surface area contributed by atoms with Crippen molar-refractivity contribution in [1.29, 1.82) is 0 Å². The van der Waals surface area contributed by atoms with Crippen molar-refractivity contribution in [3.63, 3.8) is 0 Å². The first-order valence-corrected chi connectivity index (χ1v) is 9.46. The van der Waals surface area contributed by atoms with Gasteiger partial charge in [-0.2, -0.15) is 0 Å². The summed E-state index contributed by atoms with van der Waals surface area (Å²) in [5.41, 5.74) is 1.95. The summed E-state index contributed by atoms with van der Waals surface area (Å²) in [5, 5.41) is 14.0. The van der Waals surface area contributed by atoms with Gasteiger partial charge in [0.2, 0.25) is 0 Å². The molecule has 1 heterocycles. The van der Waals surface area contributed by atoms with Gasteiger partial charge in [-0.25, -0.2) is 9.78 Å². The minimum absolute atomic E-state index is 0.0143. The van der Waals surface area contributed by atoms with Crippen LogP contribution in [0.4, 0.5) is 0 Å². The Bertz CT molecular complexity index is 955. The van der Waals surface area contributed by atoms with Crippen LogP contribution in [0, 0.1) is 5.92 Å². The van der Waals surface area contributed by atoms with E-state index in [2.05, 4.69) is 10.3 Å². The monoisotopic (exact) mass is 362 g/mol. The number of fused-ring (bicyclic) bond motifs is 2. The van der Waals surface area contributed by atoms with Gasteiger partial charge in [0.15, 0.2) is 0 Å². The maximum Gasteiger partial charge on any atom is 0.326 e. The number of carboxylic acids is 1. The van der Waals surface area contributed by atoms with Gasteiger partial charge >= 0.3 is 5.97 Å². The molecule has 1 saturated carbocycles. The third-order valence-corrected chi connectivity index (χ3v) is 5.49. The van der Waals surface area contributed by atoms with Crippen molar-refractivity contribution >= 4 is 33.7 Å². The highest BCUT2D eigenvalue weighted by Crippen LogP contribution is 2.29. The molecular formula is C22H22N2O3. The predicted molar refractivity (Wildman–Crippen MR) is 105 cm³/mol. The van der Waals surface area contributed by atoms with E-state index in [0.717, 1.165) is 53.9 Å². The number of para-hydroxylation sites is 2. The molecule has 1 fully saturated rings. The zero-order chi connectivity index (χ0) is 18.8. The standard InChI is InChI=1S/C22H22N2O3/c25-21(24-20(22(26)27)14-8-2-1-3-9-14)19-15-10-4-6-12-17(15)23-18-13-7-5-11-16(18)19/h4-7,10-14,20H,1-3,8-9H2,(H,24,25)(H,26,27)/t20-/m0/s1. The van der Waals surface area contributed by atoms with Gasteiger partial charge in [-0.3, -0.25) is 4.79 Å². The molecule has 1 atom stereocenters. The van der Waals surface area contributed by atoms with Crippen molar-refractivity contribution in [3.8, 4) is 0 Å². The number of amides is 1. The quantitative estimate of drug-likeness (QED) is 0.683. The number of nitrogens with zero attached hydrogens (tertiary/aromatic N) is 1. The number of hydrogen-bond acceptors (Lipinski definition) is 3. The van der Waals surface area contributed by atoms with Crippen LogP contribution < -0.4 is 5.32 Å².